The smallest absolute Gasteiger partial charge is 0.350 e. The summed E-state index contributed by atoms with van der Waals surface area (Å²) in [6.07, 6.45) is 2.33. The van der Waals surface area contributed by atoms with Gasteiger partial charge in [0, 0.05) is 31.1 Å². The van der Waals surface area contributed by atoms with Gasteiger partial charge in [-0.2, -0.15) is 0 Å². The van der Waals surface area contributed by atoms with Crippen LogP contribution in [-0.2, 0) is 19.1 Å². The zero-order valence-electron chi connectivity index (χ0n) is 12.4. The van der Waals surface area contributed by atoms with Crippen LogP contribution in [-0.4, -0.2) is 22.7 Å². The van der Waals surface area contributed by atoms with Gasteiger partial charge < -0.3 is 14.8 Å². The van der Waals surface area contributed by atoms with Gasteiger partial charge in [0.25, 0.3) is 5.79 Å². The maximum Gasteiger partial charge on any atom is 0.350 e. The lowest BCUT2D eigenvalue weighted by Gasteiger charge is -2.29. The molecule has 1 fully saturated rings. The van der Waals surface area contributed by atoms with Crippen LogP contribution in [0.1, 0.15) is 13.8 Å². The number of benzene rings is 1. The second-order valence-electron chi connectivity index (χ2n) is 5.44. The third-order valence-electron chi connectivity index (χ3n) is 3.15. The number of fused-ring (bicyclic) bond motifs is 1. The fraction of sp³-hybridized carbons (Fsp3) is 0.188. The van der Waals surface area contributed by atoms with E-state index in [0.29, 0.717) is 16.6 Å². The molecular formula is C16H13FN2O4. The van der Waals surface area contributed by atoms with Gasteiger partial charge in [-0.05, 0) is 24.3 Å². The van der Waals surface area contributed by atoms with Crippen molar-refractivity contribution >= 4 is 28.5 Å². The number of aromatic nitrogens is 1. The molecule has 0 spiro atoms. The maximum atomic E-state index is 13.2. The van der Waals surface area contributed by atoms with Gasteiger partial charge in [0.2, 0.25) is 0 Å². The molecule has 1 saturated heterocycles. The van der Waals surface area contributed by atoms with Crippen molar-refractivity contribution in [2.24, 2.45) is 0 Å². The Labute approximate surface area is 130 Å². The molecule has 23 heavy (non-hydrogen) atoms. The summed E-state index contributed by atoms with van der Waals surface area (Å²) in [6.45, 7) is 2.94. The molecule has 0 atom stereocenters. The lowest BCUT2D eigenvalue weighted by molar-refractivity contribution is -0.222. The minimum atomic E-state index is -1.28. The molecule has 2 heterocycles. The number of nitrogens with zero attached hydrogens (tertiary/aromatic N) is 1. The molecular weight excluding hydrogens is 303 g/mol. The van der Waals surface area contributed by atoms with E-state index in [9.17, 15) is 14.0 Å². The second kappa shape index (κ2) is 5.35. The molecule has 0 amide bonds. The Balaban J connectivity index is 1.85. The van der Waals surface area contributed by atoms with E-state index < -0.39 is 23.5 Å². The minimum absolute atomic E-state index is 0.248. The number of hydrogen-bond acceptors (Lipinski definition) is 6. The van der Waals surface area contributed by atoms with Gasteiger partial charge in [-0.3, -0.25) is 4.98 Å². The molecule has 0 aliphatic carbocycles. The number of carbonyl (C=O) groups is 2. The molecule has 2 aromatic rings. The fourth-order valence-corrected chi connectivity index (χ4v) is 2.13. The highest BCUT2D eigenvalue weighted by Crippen LogP contribution is 2.23. The van der Waals surface area contributed by atoms with E-state index in [1.807, 2.05) is 0 Å². The van der Waals surface area contributed by atoms with Crippen LogP contribution in [0, 0.1) is 5.82 Å². The largest absolute Gasteiger partial charge is 0.419 e. The number of hydrogen-bond donors (Lipinski definition) is 1. The van der Waals surface area contributed by atoms with Crippen molar-refractivity contribution < 1.29 is 23.5 Å². The molecule has 1 aliphatic heterocycles. The van der Waals surface area contributed by atoms with Gasteiger partial charge in [-0.15, -0.1) is 0 Å². The van der Waals surface area contributed by atoms with E-state index >= 15 is 0 Å². The van der Waals surface area contributed by atoms with E-state index in [1.165, 1.54) is 26.1 Å². The molecule has 1 N–H and O–H groups in total. The average Bonchev–Trinajstić information content (AvgIpc) is 2.44. The summed E-state index contributed by atoms with van der Waals surface area (Å²) in [5.41, 5.74) is 0.937. The molecule has 1 aliphatic rings. The first-order valence-corrected chi connectivity index (χ1v) is 6.83. The number of nitrogens with one attached hydrogen (secondary N) is 1. The van der Waals surface area contributed by atoms with Crippen LogP contribution in [0.15, 0.2) is 42.2 Å². The summed E-state index contributed by atoms with van der Waals surface area (Å²) in [7, 11) is 0. The van der Waals surface area contributed by atoms with E-state index in [2.05, 4.69) is 10.3 Å². The highest BCUT2D eigenvalue weighted by molar-refractivity contribution is 6.15. The zero-order chi connectivity index (χ0) is 16.6. The van der Waals surface area contributed by atoms with Crippen LogP contribution in [0.2, 0.25) is 0 Å². The second-order valence-corrected chi connectivity index (χ2v) is 5.44. The van der Waals surface area contributed by atoms with E-state index in [4.69, 9.17) is 9.47 Å². The van der Waals surface area contributed by atoms with Gasteiger partial charge in [0.05, 0.1) is 11.7 Å². The third kappa shape index (κ3) is 3.13. The minimum Gasteiger partial charge on any atom is -0.419 e. The summed E-state index contributed by atoms with van der Waals surface area (Å²) in [5.74, 6) is -3.27. The molecule has 0 saturated carbocycles. The maximum absolute atomic E-state index is 13.2. The van der Waals surface area contributed by atoms with Crippen molar-refractivity contribution in [1.29, 1.82) is 0 Å². The van der Waals surface area contributed by atoms with E-state index in [1.54, 1.807) is 18.2 Å². The van der Waals surface area contributed by atoms with Gasteiger partial charge in [-0.25, -0.2) is 14.0 Å². The van der Waals surface area contributed by atoms with Crippen LogP contribution < -0.4 is 5.32 Å². The van der Waals surface area contributed by atoms with Gasteiger partial charge in [0.15, 0.2) is 5.57 Å². The predicted octanol–water partition coefficient (Wildman–Crippen LogP) is 2.51. The lowest BCUT2D eigenvalue weighted by Crippen LogP contribution is -2.42. The molecule has 7 heteroatoms. The monoisotopic (exact) mass is 316 g/mol. The summed E-state index contributed by atoms with van der Waals surface area (Å²) in [4.78, 5) is 27.6. The molecule has 1 aromatic carbocycles. The number of pyridine rings is 1. The number of halogens is 1. The Kier molecular flexibility index (Phi) is 3.48. The standard InChI is InChI=1S/C16H13FN2O4/c1-16(2)22-14(20)12(15(21)23-16)8-18-11-3-4-13-9(6-11)5-10(17)7-19-13/h3-8,18H,1-2H3. The van der Waals surface area contributed by atoms with Crippen LogP contribution in [0.4, 0.5) is 10.1 Å². The molecule has 1 aromatic heterocycles. The summed E-state index contributed by atoms with van der Waals surface area (Å²) >= 11 is 0. The van der Waals surface area contributed by atoms with Crippen LogP contribution in [0.25, 0.3) is 10.9 Å². The number of carbonyl (C=O) groups excluding carboxylic acids is 2. The van der Waals surface area contributed by atoms with Crippen molar-refractivity contribution in [1.82, 2.24) is 4.98 Å². The summed E-state index contributed by atoms with van der Waals surface area (Å²) < 4.78 is 23.2. The molecule has 0 bridgehead atoms. The average molecular weight is 316 g/mol. The first kappa shape index (κ1) is 15.0. The quantitative estimate of drug-likeness (QED) is 0.521. The number of esters is 2. The Morgan fingerprint density at radius 1 is 1.17 bits per heavy atom. The van der Waals surface area contributed by atoms with Gasteiger partial charge in [0.1, 0.15) is 5.82 Å². The van der Waals surface area contributed by atoms with Crippen LogP contribution in [0.3, 0.4) is 0 Å². The zero-order valence-corrected chi connectivity index (χ0v) is 12.4. The Morgan fingerprint density at radius 2 is 1.87 bits per heavy atom. The number of ether oxygens (including phenoxy) is 2. The third-order valence-corrected chi connectivity index (χ3v) is 3.15. The number of rotatable bonds is 2. The molecule has 6 nitrogen and oxygen atoms in total. The molecule has 0 radical (unpaired) electrons. The van der Waals surface area contributed by atoms with Crippen LogP contribution in [0.5, 0.6) is 0 Å². The van der Waals surface area contributed by atoms with Crippen molar-refractivity contribution in [3.05, 3.63) is 48.1 Å². The first-order valence-electron chi connectivity index (χ1n) is 6.83. The topological polar surface area (TPSA) is 77.5 Å². The Morgan fingerprint density at radius 3 is 2.57 bits per heavy atom. The Bertz CT molecular complexity index is 823. The van der Waals surface area contributed by atoms with E-state index in [0.717, 1.165) is 6.20 Å². The summed E-state index contributed by atoms with van der Waals surface area (Å²) in [6, 6.07) is 6.36. The van der Waals surface area contributed by atoms with Gasteiger partial charge in [-0.1, -0.05) is 0 Å². The van der Waals surface area contributed by atoms with Crippen molar-refractivity contribution in [2.45, 2.75) is 19.6 Å². The summed E-state index contributed by atoms with van der Waals surface area (Å²) in [5, 5.41) is 3.39. The molecule has 0 unspecified atom stereocenters. The highest BCUT2D eigenvalue weighted by Gasteiger charge is 2.38. The van der Waals surface area contributed by atoms with Crippen molar-refractivity contribution in [3.63, 3.8) is 0 Å². The predicted molar refractivity (Wildman–Crippen MR) is 79.7 cm³/mol. The van der Waals surface area contributed by atoms with Crippen molar-refractivity contribution in [2.75, 3.05) is 5.32 Å². The van der Waals surface area contributed by atoms with Crippen LogP contribution >= 0.6 is 0 Å². The number of anilines is 1. The molecule has 3 rings (SSSR count). The van der Waals surface area contributed by atoms with E-state index in [-0.39, 0.29) is 5.57 Å². The molecule has 118 valence electrons. The highest BCUT2D eigenvalue weighted by atomic mass is 19.1. The number of cyclic esters (lactones) is 2. The SMILES string of the molecule is CC1(C)OC(=O)C(=CNc2ccc3ncc(F)cc3c2)C(=O)O1. The normalized spacial score (nSPS) is 16.7. The van der Waals surface area contributed by atoms with Gasteiger partial charge >= 0.3 is 11.9 Å². The lowest BCUT2D eigenvalue weighted by atomic mass is 10.2. The van der Waals surface area contributed by atoms with Crippen molar-refractivity contribution in [3.8, 4) is 0 Å². The fourth-order valence-electron chi connectivity index (χ4n) is 2.13. The Hall–Kier alpha value is -2.96. The first-order chi connectivity index (χ1) is 10.8.